The van der Waals surface area contributed by atoms with Gasteiger partial charge in [0.15, 0.2) is 0 Å². The quantitative estimate of drug-likeness (QED) is 0.791. The molecule has 1 aromatic heterocycles. The topological polar surface area (TPSA) is 31.2 Å². The maximum atomic E-state index is 12.1. The lowest BCUT2D eigenvalue weighted by molar-refractivity contribution is 0.0527. The Morgan fingerprint density at radius 1 is 1.39 bits per heavy atom. The van der Waals surface area contributed by atoms with E-state index in [0.717, 1.165) is 26.6 Å². The van der Waals surface area contributed by atoms with Gasteiger partial charge in [-0.15, -0.1) is 0 Å². The summed E-state index contributed by atoms with van der Waals surface area (Å²) in [7, 11) is 1.97. The van der Waals surface area contributed by atoms with Gasteiger partial charge >= 0.3 is 5.97 Å². The monoisotopic (exact) mass is 309 g/mol. The second-order valence-corrected chi connectivity index (χ2v) is 5.18. The third-order valence-corrected chi connectivity index (χ3v) is 3.92. The van der Waals surface area contributed by atoms with Crippen LogP contribution in [0.2, 0.25) is 0 Å². The van der Waals surface area contributed by atoms with Crippen LogP contribution in [0.1, 0.15) is 28.5 Å². The van der Waals surface area contributed by atoms with Crippen molar-refractivity contribution >= 4 is 32.8 Å². The fraction of sp³-hybridized carbons (Fsp3) is 0.357. The number of carbonyl (C=O) groups is 1. The zero-order valence-electron chi connectivity index (χ0n) is 11.0. The third kappa shape index (κ3) is 1.85. The Hall–Kier alpha value is -1.29. The molecule has 0 unspecified atom stereocenters. The van der Waals surface area contributed by atoms with E-state index in [0.29, 0.717) is 12.2 Å². The summed E-state index contributed by atoms with van der Waals surface area (Å²) in [6.45, 7) is 6.19. The zero-order chi connectivity index (χ0) is 13.4. The molecular weight excluding hydrogens is 294 g/mol. The van der Waals surface area contributed by atoms with Crippen LogP contribution < -0.4 is 0 Å². The number of ether oxygens (including phenoxy) is 1. The molecule has 1 heterocycles. The molecule has 0 spiro atoms. The third-order valence-electron chi connectivity index (χ3n) is 3.26. The summed E-state index contributed by atoms with van der Waals surface area (Å²) >= 11 is 3.53. The molecular formula is C14H16BrNO2. The number of aryl methyl sites for hydroxylation is 2. The normalized spacial score (nSPS) is 10.9. The van der Waals surface area contributed by atoms with E-state index < -0.39 is 0 Å². The summed E-state index contributed by atoms with van der Waals surface area (Å²) in [5.74, 6) is -0.257. The Kier molecular flexibility index (Phi) is 3.48. The van der Waals surface area contributed by atoms with Crippen molar-refractivity contribution in [3.05, 3.63) is 33.4 Å². The second kappa shape index (κ2) is 4.76. The van der Waals surface area contributed by atoms with E-state index in [4.69, 9.17) is 4.74 Å². The van der Waals surface area contributed by atoms with Crippen LogP contribution in [0.25, 0.3) is 10.9 Å². The van der Waals surface area contributed by atoms with Gasteiger partial charge < -0.3 is 9.30 Å². The molecule has 2 rings (SSSR count). The lowest BCUT2D eigenvalue weighted by Crippen LogP contribution is -2.06. The number of nitrogens with zero attached hydrogens (tertiary/aromatic N) is 1. The first kappa shape index (κ1) is 13.1. The molecule has 0 saturated carbocycles. The summed E-state index contributed by atoms with van der Waals surface area (Å²) in [6, 6.07) is 4.01. The van der Waals surface area contributed by atoms with Crippen LogP contribution in [0, 0.1) is 13.8 Å². The first-order chi connectivity index (χ1) is 8.49. The van der Waals surface area contributed by atoms with E-state index in [9.17, 15) is 4.79 Å². The average Bonchev–Trinajstić information content (AvgIpc) is 2.59. The van der Waals surface area contributed by atoms with Gasteiger partial charge in [-0.1, -0.05) is 22.0 Å². The summed E-state index contributed by atoms with van der Waals surface area (Å²) in [5, 5.41) is 0.938. The highest BCUT2D eigenvalue weighted by atomic mass is 79.9. The molecule has 0 fully saturated rings. The van der Waals surface area contributed by atoms with Crippen LogP contribution in [-0.2, 0) is 11.8 Å². The van der Waals surface area contributed by atoms with E-state index in [1.807, 2.05) is 44.5 Å². The maximum absolute atomic E-state index is 12.1. The minimum absolute atomic E-state index is 0.257. The molecule has 0 aliphatic rings. The summed E-state index contributed by atoms with van der Waals surface area (Å²) in [4.78, 5) is 12.1. The number of carbonyl (C=O) groups excluding carboxylic acids is 1. The van der Waals surface area contributed by atoms with Crippen molar-refractivity contribution in [2.45, 2.75) is 20.8 Å². The predicted molar refractivity (Wildman–Crippen MR) is 76.0 cm³/mol. The highest BCUT2D eigenvalue weighted by Crippen LogP contribution is 2.33. The highest BCUT2D eigenvalue weighted by Gasteiger charge is 2.22. The van der Waals surface area contributed by atoms with Crippen molar-refractivity contribution in [2.24, 2.45) is 7.05 Å². The molecule has 2 aromatic rings. The lowest BCUT2D eigenvalue weighted by atomic mass is 10.1. The van der Waals surface area contributed by atoms with Gasteiger partial charge in [0.05, 0.1) is 17.7 Å². The van der Waals surface area contributed by atoms with Crippen molar-refractivity contribution in [1.29, 1.82) is 0 Å². The average molecular weight is 310 g/mol. The lowest BCUT2D eigenvalue weighted by Gasteiger charge is -2.03. The maximum Gasteiger partial charge on any atom is 0.340 e. The van der Waals surface area contributed by atoms with Gasteiger partial charge in [-0.25, -0.2) is 4.79 Å². The smallest absolute Gasteiger partial charge is 0.340 e. The van der Waals surface area contributed by atoms with Crippen molar-refractivity contribution in [3.63, 3.8) is 0 Å². The van der Waals surface area contributed by atoms with Crippen LogP contribution in [0.5, 0.6) is 0 Å². The molecule has 96 valence electrons. The molecule has 0 radical (unpaired) electrons. The van der Waals surface area contributed by atoms with Crippen molar-refractivity contribution < 1.29 is 9.53 Å². The molecule has 0 saturated heterocycles. The molecule has 0 N–H and O–H groups in total. The largest absolute Gasteiger partial charge is 0.462 e. The first-order valence-corrected chi connectivity index (χ1v) is 6.69. The zero-order valence-corrected chi connectivity index (χ0v) is 12.6. The number of hydrogen-bond donors (Lipinski definition) is 0. The summed E-state index contributed by atoms with van der Waals surface area (Å²) in [6.07, 6.45) is 0. The van der Waals surface area contributed by atoms with Crippen molar-refractivity contribution in [1.82, 2.24) is 4.57 Å². The minimum Gasteiger partial charge on any atom is -0.462 e. The molecule has 3 nitrogen and oxygen atoms in total. The molecule has 0 aliphatic carbocycles. The number of hydrogen-bond acceptors (Lipinski definition) is 2. The van der Waals surface area contributed by atoms with E-state index >= 15 is 0 Å². The second-order valence-electron chi connectivity index (χ2n) is 4.33. The molecule has 0 aliphatic heterocycles. The molecule has 0 amide bonds. The van der Waals surface area contributed by atoms with Gasteiger partial charge in [0, 0.05) is 22.6 Å². The van der Waals surface area contributed by atoms with Gasteiger partial charge in [0.1, 0.15) is 0 Å². The Bertz CT molecular complexity index is 628. The Balaban J connectivity index is 2.85. The fourth-order valence-electron chi connectivity index (χ4n) is 2.31. The standard InChI is InChI=1S/C14H16BrNO2/c1-5-18-14(17)11-9(3)16(4)13-8(2)6-7-10(15)12(11)13/h6-7H,5H2,1-4H3. The number of esters is 1. The van der Waals surface area contributed by atoms with Crippen LogP contribution in [0.4, 0.5) is 0 Å². The number of halogens is 1. The van der Waals surface area contributed by atoms with Crippen LogP contribution >= 0.6 is 15.9 Å². The van der Waals surface area contributed by atoms with Crippen molar-refractivity contribution in [3.8, 4) is 0 Å². The molecule has 0 bridgehead atoms. The summed E-state index contributed by atoms with van der Waals surface area (Å²) in [5.41, 5.74) is 3.81. The Morgan fingerprint density at radius 2 is 2.06 bits per heavy atom. The molecule has 4 heteroatoms. The number of benzene rings is 1. The van der Waals surface area contributed by atoms with Crippen LogP contribution in [0.15, 0.2) is 16.6 Å². The predicted octanol–water partition coefficient (Wildman–Crippen LogP) is 3.73. The van der Waals surface area contributed by atoms with Crippen LogP contribution in [0.3, 0.4) is 0 Å². The van der Waals surface area contributed by atoms with E-state index in [1.165, 1.54) is 0 Å². The Morgan fingerprint density at radius 3 is 2.67 bits per heavy atom. The van der Waals surface area contributed by atoms with Crippen LogP contribution in [-0.4, -0.2) is 17.1 Å². The van der Waals surface area contributed by atoms with Gasteiger partial charge in [0.25, 0.3) is 0 Å². The molecule has 0 atom stereocenters. The van der Waals surface area contributed by atoms with E-state index in [2.05, 4.69) is 15.9 Å². The van der Waals surface area contributed by atoms with Gasteiger partial charge in [-0.3, -0.25) is 0 Å². The van der Waals surface area contributed by atoms with E-state index in [1.54, 1.807) is 0 Å². The van der Waals surface area contributed by atoms with Gasteiger partial charge in [0.2, 0.25) is 0 Å². The molecule has 1 aromatic carbocycles. The summed E-state index contributed by atoms with van der Waals surface area (Å²) < 4.78 is 8.12. The Labute approximate surface area is 115 Å². The number of aromatic nitrogens is 1. The SMILES string of the molecule is CCOC(=O)c1c(C)n(C)c2c(C)ccc(Br)c12. The van der Waals surface area contributed by atoms with E-state index in [-0.39, 0.29) is 5.97 Å². The number of rotatable bonds is 2. The molecule has 18 heavy (non-hydrogen) atoms. The fourth-order valence-corrected chi connectivity index (χ4v) is 2.83. The highest BCUT2D eigenvalue weighted by molar-refractivity contribution is 9.10. The minimum atomic E-state index is -0.257. The van der Waals surface area contributed by atoms with Crippen molar-refractivity contribution in [2.75, 3.05) is 6.61 Å². The number of fused-ring (bicyclic) bond motifs is 1. The first-order valence-electron chi connectivity index (χ1n) is 5.90. The van der Waals surface area contributed by atoms with Gasteiger partial charge in [-0.2, -0.15) is 0 Å². The van der Waals surface area contributed by atoms with Gasteiger partial charge in [-0.05, 0) is 32.4 Å².